The molecule has 6 fully saturated rings. The largest absolute Gasteiger partial charge is 0.780 e. The van der Waals surface area contributed by atoms with E-state index in [1.54, 1.807) is 10.2 Å². The molecule has 0 spiro atoms. The summed E-state index contributed by atoms with van der Waals surface area (Å²) in [4.78, 5) is 115. The standard InChI is InChI=1S/3C11H18B2O4.C3H12N2O6P2.CH5O3P.H4NO3P.H3O4P.H3O3PS/c12-10-2-6(8(4-14)16-10)1-7-3-11(13)17-9(7)5-15;12-10-3-6(9(5-14)17-10)1-2-8-7(15)4-11(13)16-8;12-10-4-8(15)9(17-10)2-1-6-3-7(5-14)16-11(6)13;6-12(7,8)4-2-1-3-5-13(9,10)11;3*1-5(2,3)4;1-4(2,3)5/h3*6-11,14-15H,1-5H2;1-3H2,(H3,4,6,7,8)(H3,5,9,10,11);1H3,(H2,2,3,4);(H4,1,2,3,4);(H3,1,2,3,4);(H3,1,2,3,5)/p-5. The van der Waals surface area contributed by atoms with Gasteiger partial charge in [-0.2, -0.15) is 0 Å². The second-order valence-electron chi connectivity index (χ2n) is 19.6. The van der Waals surface area contributed by atoms with Gasteiger partial charge in [0.15, 0.2) is 7.75 Å². The number of nitrogens with two attached hydrogens (primary N) is 1. The predicted molar refractivity (Wildman–Crippen MR) is 295 cm³/mol. The molecule has 6 heterocycles. The van der Waals surface area contributed by atoms with Gasteiger partial charge in [-0.05, 0) is 101 Å². The van der Waals surface area contributed by atoms with Gasteiger partial charge in [0.2, 0.25) is 15.5 Å². The van der Waals surface area contributed by atoms with Crippen molar-refractivity contribution in [3.8, 4) is 0 Å². The Kier molecular flexibility index (Phi) is 43.9. The number of rotatable bonds is 18. The average Bonchev–Trinajstić information content (AvgIpc) is 4.16. The molecule has 6 aliphatic rings. The van der Waals surface area contributed by atoms with E-state index in [0.29, 0.717) is 12.8 Å². The van der Waals surface area contributed by atoms with Gasteiger partial charge in [-0.25, -0.2) is 0 Å². The third-order valence-corrected chi connectivity index (χ3v) is 13.3. The Morgan fingerprint density at radius 1 is 0.488 bits per heavy atom. The maximum Gasteiger partial charge on any atom is 0.322 e. The Labute approximate surface area is 500 Å². The number of aliphatic hydroxyl groups is 6. The summed E-state index contributed by atoms with van der Waals surface area (Å²) in [6.45, 7) is -3.44. The van der Waals surface area contributed by atoms with Crippen molar-refractivity contribution in [3.05, 3.63) is 0 Å². The highest BCUT2D eigenvalue weighted by molar-refractivity contribution is 8.05. The first kappa shape index (κ1) is 87.1. The van der Waals surface area contributed by atoms with Crippen molar-refractivity contribution in [2.75, 3.05) is 46.2 Å². The second-order valence-corrected chi connectivity index (χ2v) is 28.5. The molecule has 84 heavy (non-hydrogen) atoms. The zero-order chi connectivity index (χ0) is 65.8. The molecule has 21 atom stereocenters. The van der Waals surface area contributed by atoms with Gasteiger partial charge >= 0.3 is 7.60 Å². The van der Waals surface area contributed by atoms with E-state index in [1.165, 1.54) is 0 Å². The van der Waals surface area contributed by atoms with Crippen LogP contribution in [-0.4, -0.2) is 253 Å². The summed E-state index contributed by atoms with van der Waals surface area (Å²) in [6, 6.07) is -1.89. The highest BCUT2D eigenvalue weighted by atomic mass is 32.5. The molecule has 19 N–H and O–H groups in total. The summed E-state index contributed by atoms with van der Waals surface area (Å²) in [5.74, 6) is 0.910. The molecule has 6 saturated heterocycles. The Balaban J connectivity index is 0. The van der Waals surface area contributed by atoms with E-state index >= 15 is 0 Å². The zero-order valence-electron chi connectivity index (χ0n) is 45.5. The van der Waals surface area contributed by atoms with Crippen LogP contribution in [0.1, 0.15) is 77.0 Å². The monoisotopic (exact) mass is 1340 g/mol. The fourth-order valence-corrected chi connectivity index (χ4v) is 9.76. The maximum absolute atomic E-state index is 10.1. The average molecular weight is 1340 g/mol. The second kappa shape index (κ2) is 42.3. The molecule has 34 nitrogen and oxygen atoms in total. The minimum absolute atomic E-state index is 0.00798. The number of hydrogen-bond acceptors (Lipinski definition) is 23. The highest BCUT2D eigenvalue weighted by Crippen LogP contribution is 2.38. The molecule has 0 aromatic rings. The van der Waals surface area contributed by atoms with E-state index in [1.807, 2.05) is 0 Å². The van der Waals surface area contributed by atoms with E-state index in [0.717, 1.165) is 64.5 Å². The highest BCUT2D eigenvalue weighted by Gasteiger charge is 2.40. The predicted octanol–water partition coefficient (Wildman–Crippen LogP) is -9.56. The van der Waals surface area contributed by atoms with Crippen LogP contribution < -0.4 is 40.1 Å². The minimum atomic E-state index is -4.89. The van der Waals surface area contributed by atoms with Crippen molar-refractivity contribution >= 4 is 104 Å². The SMILES string of the molecule is CP(=O)(O)O.NP(=O)([O-])O.O=P([O-])(O)NCCCNP(=O)([O-])O.O=P([O-])(O)O.[B]C1CC(CC2CC([B])OC2CO)C(CO)O1.[B]C1CC(O)C(CCC2CC(CO)OC2[B])O1.[B]C1CC(O)C(CCC2CC([B])OC2CO)O1.[O-]P(O)(O)=S. The van der Waals surface area contributed by atoms with Crippen molar-refractivity contribution in [2.24, 2.45) is 29.2 Å². The number of hydrogen-bond donors (Lipinski definition) is 18. The third-order valence-electron chi connectivity index (χ3n) is 12.1. The minimum Gasteiger partial charge on any atom is -0.780 e. The van der Waals surface area contributed by atoms with Gasteiger partial charge in [-0.1, -0.05) is 11.8 Å². The first-order chi connectivity index (χ1) is 38.0. The van der Waals surface area contributed by atoms with Crippen LogP contribution in [0.3, 0.4) is 0 Å². The van der Waals surface area contributed by atoms with Crippen molar-refractivity contribution in [3.63, 3.8) is 0 Å². The van der Waals surface area contributed by atoms with Gasteiger partial charge in [-0.15, -0.1) is 0 Å². The summed E-state index contributed by atoms with van der Waals surface area (Å²) >= 11 is 3.49. The number of phosphoric acid groups is 1. The molecule has 6 rings (SSSR count). The van der Waals surface area contributed by atoms with E-state index in [2.05, 4.69) is 17.3 Å². The van der Waals surface area contributed by atoms with Crippen LogP contribution in [0.25, 0.3) is 0 Å². The smallest absolute Gasteiger partial charge is 0.322 e. The normalized spacial score (nSPS) is 34.8. The molecule has 0 aromatic carbocycles. The van der Waals surface area contributed by atoms with Crippen LogP contribution >= 0.6 is 45.4 Å². The quantitative estimate of drug-likeness (QED) is 0.0344. The fourth-order valence-electron chi connectivity index (χ4n) is 8.88. The lowest BCUT2D eigenvalue weighted by atomic mass is 9.80. The first-order valence-corrected chi connectivity index (χ1v) is 36.3. The van der Waals surface area contributed by atoms with Gasteiger partial charge in [0.1, 0.15) is 53.8 Å². The fraction of sp³-hybridized carbons (Fsp3) is 1.00. The molecule has 0 amide bonds. The summed E-state index contributed by atoms with van der Waals surface area (Å²) in [6.07, 6.45) is 6.02. The van der Waals surface area contributed by atoms with E-state index in [4.69, 9.17) is 154 Å². The summed E-state index contributed by atoms with van der Waals surface area (Å²) in [5, 5.41) is 59.5. The summed E-state index contributed by atoms with van der Waals surface area (Å²) < 4.78 is 79.7. The molecule has 12 radical (unpaired) electrons. The number of nitrogens with one attached hydrogen (secondary N) is 2. The van der Waals surface area contributed by atoms with Crippen molar-refractivity contribution < 1.29 is 150 Å². The van der Waals surface area contributed by atoms with Crippen LogP contribution in [0.5, 0.6) is 0 Å². The Morgan fingerprint density at radius 2 is 0.762 bits per heavy atom. The van der Waals surface area contributed by atoms with Gasteiger partial charge in [-0.3, -0.25) is 38.5 Å². The molecule has 0 bridgehead atoms. The van der Waals surface area contributed by atoms with Crippen LogP contribution in [-0.2, 0) is 63.1 Å². The van der Waals surface area contributed by atoms with Crippen molar-refractivity contribution in [2.45, 2.75) is 162 Å². The third kappa shape index (κ3) is 50.6. The Morgan fingerprint density at radius 3 is 1.02 bits per heavy atom. The molecule has 484 valence electrons. The molecule has 21 unspecified atom stereocenters. The first-order valence-electron chi connectivity index (χ1n) is 25.3. The zero-order valence-corrected chi connectivity index (χ0v) is 51.7. The summed E-state index contributed by atoms with van der Waals surface area (Å²) in [7, 11) is 12.3. The maximum atomic E-state index is 10.1. The van der Waals surface area contributed by atoms with Crippen molar-refractivity contribution in [1.82, 2.24) is 10.2 Å². The van der Waals surface area contributed by atoms with E-state index in [9.17, 15) is 43.9 Å². The summed E-state index contributed by atoms with van der Waals surface area (Å²) in [5.41, 5.74) is 3.91. The Bertz CT molecular complexity index is 1920. The molecular formula is C37H76B6N3O31P6S-5. The van der Waals surface area contributed by atoms with E-state index in [-0.39, 0.29) is 142 Å². The molecule has 6 aliphatic heterocycles. The molecule has 0 saturated carbocycles. The van der Waals surface area contributed by atoms with Crippen LogP contribution in [0.15, 0.2) is 0 Å². The molecule has 47 heteroatoms. The number of aliphatic hydroxyl groups excluding tert-OH is 6. The lowest BCUT2D eigenvalue weighted by Crippen LogP contribution is -2.27. The lowest BCUT2D eigenvalue weighted by Gasteiger charge is -2.22. The molecular weight excluding hydrogens is 1270 g/mol. The van der Waals surface area contributed by atoms with Gasteiger partial charge < -0.3 is 128 Å². The van der Waals surface area contributed by atoms with Crippen LogP contribution in [0, 0.1) is 23.7 Å². The van der Waals surface area contributed by atoms with Gasteiger partial charge in [0.05, 0.1) is 75.3 Å². The van der Waals surface area contributed by atoms with Gasteiger partial charge in [0, 0.05) is 55.8 Å². The van der Waals surface area contributed by atoms with Crippen LogP contribution in [0.2, 0.25) is 0 Å². The number of ether oxygens (including phenoxy) is 6. The van der Waals surface area contributed by atoms with E-state index < -0.39 is 57.6 Å². The Hall–Kier alpha value is 1.03. The molecule has 0 aromatic heterocycles. The lowest BCUT2D eigenvalue weighted by molar-refractivity contribution is -0.214. The van der Waals surface area contributed by atoms with Crippen molar-refractivity contribution in [1.29, 1.82) is 0 Å². The van der Waals surface area contributed by atoms with Crippen LogP contribution in [0.4, 0.5) is 0 Å². The van der Waals surface area contributed by atoms with Gasteiger partial charge in [0.25, 0.3) is 7.82 Å². The topological polar surface area (TPSA) is 610 Å². The molecule has 0 aliphatic carbocycles.